The first-order valence-corrected chi connectivity index (χ1v) is 4.29. The van der Waals surface area contributed by atoms with Crippen LogP contribution >= 0.6 is 9.47 Å². The van der Waals surface area contributed by atoms with Gasteiger partial charge in [0.1, 0.15) is 0 Å². The van der Waals surface area contributed by atoms with E-state index in [0.717, 1.165) is 12.5 Å². The van der Waals surface area contributed by atoms with Crippen LogP contribution in [0.1, 0.15) is 27.2 Å². The fraction of sp³-hybridized carbons (Fsp3) is 0.875. The minimum Gasteiger partial charge on any atom is -0.368 e. The van der Waals surface area contributed by atoms with E-state index in [1.165, 1.54) is 6.42 Å². The topological polar surface area (TPSA) is 9.23 Å². The summed E-state index contributed by atoms with van der Waals surface area (Å²) in [6, 6.07) is 0. The smallest absolute Gasteiger partial charge is 0.0257 e. The molecule has 2 atom stereocenters. The first kappa shape index (κ1) is 20.1. The van der Waals surface area contributed by atoms with E-state index in [2.05, 4.69) is 36.7 Å². The van der Waals surface area contributed by atoms with Gasteiger partial charge in [0.25, 0.3) is 0 Å². The molecule has 0 saturated carbocycles. The van der Waals surface area contributed by atoms with Gasteiger partial charge in [0.2, 0.25) is 0 Å². The summed E-state index contributed by atoms with van der Waals surface area (Å²) in [5, 5.41) is 0. The standard InChI is InChI=1S/C8H18OP.2Y/c1-7(2)4-5-8(3)6-9-10;;/h5,7-8H,4,6,10H2,1-3H3;;/q-1;;. The van der Waals surface area contributed by atoms with E-state index in [1.807, 2.05) is 0 Å². The molecular weight excluding hydrogens is 321 g/mol. The summed E-state index contributed by atoms with van der Waals surface area (Å²) in [7, 11) is 2.28. The van der Waals surface area contributed by atoms with E-state index >= 15 is 0 Å². The van der Waals surface area contributed by atoms with Crippen molar-refractivity contribution in [1.29, 1.82) is 0 Å². The van der Waals surface area contributed by atoms with Crippen molar-refractivity contribution >= 4 is 9.47 Å². The molecule has 4 heteroatoms. The summed E-state index contributed by atoms with van der Waals surface area (Å²) in [4.78, 5) is 0. The molecule has 68 valence electrons. The van der Waals surface area contributed by atoms with Crippen molar-refractivity contribution in [1.82, 2.24) is 0 Å². The van der Waals surface area contributed by atoms with Gasteiger partial charge in [-0.2, -0.15) is 6.42 Å². The van der Waals surface area contributed by atoms with Gasteiger partial charge in [-0.3, -0.25) is 0 Å². The van der Waals surface area contributed by atoms with E-state index < -0.39 is 0 Å². The minimum atomic E-state index is 0. The molecule has 0 aromatic heterocycles. The van der Waals surface area contributed by atoms with Crippen LogP contribution in [0.15, 0.2) is 0 Å². The molecule has 0 aliphatic carbocycles. The third-order valence-corrected chi connectivity index (χ3v) is 1.56. The molecule has 0 fully saturated rings. The number of hydrogen-bond donors (Lipinski definition) is 0. The Morgan fingerprint density at radius 2 is 1.75 bits per heavy atom. The van der Waals surface area contributed by atoms with Gasteiger partial charge in [-0.15, -0.1) is 5.92 Å². The average molecular weight is 339 g/mol. The zero-order valence-corrected chi connectivity index (χ0v) is 15.1. The maximum atomic E-state index is 4.92. The Morgan fingerprint density at radius 3 is 2.08 bits per heavy atom. The van der Waals surface area contributed by atoms with Gasteiger partial charge in [0, 0.05) is 81.5 Å². The van der Waals surface area contributed by atoms with E-state index in [1.54, 1.807) is 0 Å². The molecule has 0 amide bonds. The van der Waals surface area contributed by atoms with Gasteiger partial charge in [0.05, 0.1) is 0 Å². The second-order valence-corrected chi connectivity index (χ2v) is 3.51. The molecule has 2 radical (unpaired) electrons. The van der Waals surface area contributed by atoms with Gasteiger partial charge in [0.15, 0.2) is 0 Å². The zero-order chi connectivity index (χ0) is 7.98. The molecule has 0 bridgehead atoms. The van der Waals surface area contributed by atoms with E-state index in [4.69, 9.17) is 4.52 Å². The summed E-state index contributed by atoms with van der Waals surface area (Å²) < 4.78 is 4.92. The molecule has 0 aliphatic rings. The Bertz CT molecular complexity index is 81.5. The van der Waals surface area contributed by atoms with Crippen LogP contribution in [0.5, 0.6) is 0 Å². The molecule has 0 aromatic carbocycles. The van der Waals surface area contributed by atoms with Gasteiger partial charge < -0.3 is 10.9 Å². The van der Waals surface area contributed by atoms with Crippen molar-refractivity contribution < 1.29 is 69.9 Å². The second kappa shape index (κ2) is 13.6. The van der Waals surface area contributed by atoms with Crippen LogP contribution in [0.4, 0.5) is 0 Å². The molecule has 2 unspecified atom stereocenters. The molecule has 0 spiro atoms. The van der Waals surface area contributed by atoms with Crippen LogP contribution in [0, 0.1) is 18.3 Å². The van der Waals surface area contributed by atoms with Gasteiger partial charge in [-0.05, 0) is 0 Å². The van der Waals surface area contributed by atoms with Crippen LogP contribution in [0.3, 0.4) is 0 Å². The Balaban J connectivity index is -0.000000405. The predicted octanol–water partition coefficient (Wildman–Crippen LogP) is 2.67. The molecule has 0 aromatic rings. The Labute approximate surface area is 130 Å². The third kappa shape index (κ3) is 15.1. The normalized spacial score (nSPS) is 11.8. The summed E-state index contributed by atoms with van der Waals surface area (Å²) in [5.41, 5.74) is 0. The predicted molar refractivity (Wildman–Crippen MR) is 48.6 cm³/mol. The van der Waals surface area contributed by atoms with E-state index in [0.29, 0.717) is 5.92 Å². The summed E-state index contributed by atoms with van der Waals surface area (Å²) in [5.74, 6) is 1.35. The quantitative estimate of drug-likeness (QED) is 0.553. The van der Waals surface area contributed by atoms with Crippen LogP contribution in [-0.4, -0.2) is 6.61 Å². The van der Waals surface area contributed by atoms with Crippen LogP contribution in [0.25, 0.3) is 0 Å². The van der Waals surface area contributed by atoms with Crippen LogP contribution in [-0.2, 0) is 69.9 Å². The Kier molecular flexibility index (Phi) is 22.7. The first-order valence-electron chi connectivity index (χ1n) is 3.81. The van der Waals surface area contributed by atoms with Crippen molar-refractivity contribution in [3.63, 3.8) is 0 Å². The fourth-order valence-corrected chi connectivity index (χ4v) is 1.03. The summed E-state index contributed by atoms with van der Waals surface area (Å²) in [6.07, 6.45) is 3.50. The molecule has 0 saturated heterocycles. The molecule has 12 heavy (non-hydrogen) atoms. The van der Waals surface area contributed by atoms with E-state index in [9.17, 15) is 0 Å². The fourth-order valence-electron chi connectivity index (χ4n) is 0.724. The number of hydrogen-bond acceptors (Lipinski definition) is 1. The average Bonchev–Trinajstić information content (AvgIpc) is 1.85. The molecular formula is C8H18OPY2-. The van der Waals surface area contributed by atoms with Gasteiger partial charge in [-0.25, -0.2) is 0 Å². The van der Waals surface area contributed by atoms with Crippen molar-refractivity contribution in [3.05, 3.63) is 6.42 Å². The molecule has 0 aliphatic heterocycles. The molecule has 0 rings (SSSR count). The molecule has 1 nitrogen and oxygen atoms in total. The van der Waals surface area contributed by atoms with Crippen molar-refractivity contribution in [2.24, 2.45) is 11.8 Å². The zero-order valence-electron chi connectivity index (χ0n) is 8.29. The molecule has 0 N–H and O–H groups in total. The second-order valence-electron chi connectivity index (χ2n) is 3.18. The largest absolute Gasteiger partial charge is 0.368 e. The van der Waals surface area contributed by atoms with Crippen LogP contribution < -0.4 is 0 Å². The molecule has 0 heterocycles. The van der Waals surface area contributed by atoms with Crippen molar-refractivity contribution in [2.45, 2.75) is 27.2 Å². The first-order chi connectivity index (χ1) is 4.66. The monoisotopic (exact) mass is 339 g/mol. The van der Waals surface area contributed by atoms with Crippen LogP contribution in [0.2, 0.25) is 0 Å². The summed E-state index contributed by atoms with van der Waals surface area (Å²) in [6.45, 7) is 7.44. The summed E-state index contributed by atoms with van der Waals surface area (Å²) >= 11 is 0. The maximum Gasteiger partial charge on any atom is 0.0257 e. The van der Waals surface area contributed by atoms with Crippen molar-refractivity contribution in [3.8, 4) is 0 Å². The Hall–Kier alpha value is 2.60. The Morgan fingerprint density at radius 1 is 1.25 bits per heavy atom. The van der Waals surface area contributed by atoms with Gasteiger partial charge in [-0.1, -0.05) is 26.7 Å². The van der Waals surface area contributed by atoms with Crippen molar-refractivity contribution in [2.75, 3.05) is 6.61 Å². The van der Waals surface area contributed by atoms with Gasteiger partial charge >= 0.3 is 0 Å². The minimum absolute atomic E-state index is 0. The maximum absolute atomic E-state index is 4.92. The van der Waals surface area contributed by atoms with E-state index in [-0.39, 0.29) is 65.4 Å². The third-order valence-electron chi connectivity index (χ3n) is 1.37. The number of rotatable bonds is 5. The SMILES string of the molecule is CC(C)C[CH-]C(C)COP.[Y].[Y].